The molecule has 4 nitrogen and oxygen atoms in total. The highest BCUT2D eigenvalue weighted by Crippen LogP contribution is 2.24. The molecular formula is C14H13ClN2O2S2. The molecular weight excluding hydrogens is 328 g/mol. The van der Waals surface area contributed by atoms with Crippen molar-refractivity contribution in [2.45, 2.75) is 11.8 Å². The summed E-state index contributed by atoms with van der Waals surface area (Å²) in [6, 6.07) is 11.3. The zero-order valence-corrected chi connectivity index (χ0v) is 13.5. The number of sulfonamides is 1. The fourth-order valence-electron chi connectivity index (χ4n) is 1.75. The van der Waals surface area contributed by atoms with Gasteiger partial charge >= 0.3 is 0 Å². The topological polar surface area (TPSA) is 72.2 Å². The van der Waals surface area contributed by atoms with E-state index in [9.17, 15) is 8.42 Å². The zero-order chi connectivity index (χ0) is 15.6. The van der Waals surface area contributed by atoms with Gasteiger partial charge in [-0.3, -0.25) is 4.72 Å². The Balaban J connectivity index is 2.39. The molecule has 0 bridgehead atoms. The molecule has 0 saturated carbocycles. The van der Waals surface area contributed by atoms with Crippen LogP contribution in [-0.2, 0) is 10.0 Å². The van der Waals surface area contributed by atoms with Gasteiger partial charge in [-0.25, -0.2) is 8.42 Å². The maximum absolute atomic E-state index is 12.4. The summed E-state index contributed by atoms with van der Waals surface area (Å²) in [5, 5.41) is 0.204. The van der Waals surface area contributed by atoms with Crippen LogP contribution in [0.1, 0.15) is 11.1 Å². The lowest BCUT2D eigenvalue weighted by Gasteiger charge is -2.11. The normalized spacial score (nSPS) is 11.1. The van der Waals surface area contributed by atoms with Crippen molar-refractivity contribution in [1.82, 2.24) is 0 Å². The lowest BCUT2D eigenvalue weighted by Crippen LogP contribution is -2.15. The van der Waals surface area contributed by atoms with E-state index in [0.29, 0.717) is 11.3 Å². The molecule has 2 aromatic rings. The van der Waals surface area contributed by atoms with E-state index in [1.54, 1.807) is 12.1 Å². The van der Waals surface area contributed by atoms with Crippen LogP contribution in [0.2, 0.25) is 5.02 Å². The summed E-state index contributed by atoms with van der Waals surface area (Å²) >= 11 is 10.8. The first-order valence-electron chi connectivity index (χ1n) is 5.99. The molecule has 0 aliphatic rings. The number of nitrogens with two attached hydrogens (primary N) is 1. The van der Waals surface area contributed by atoms with Crippen molar-refractivity contribution in [3.05, 3.63) is 58.6 Å². The monoisotopic (exact) mass is 340 g/mol. The van der Waals surface area contributed by atoms with Crippen molar-refractivity contribution in [3.8, 4) is 0 Å². The molecule has 2 rings (SSSR count). The van der Waals surface area contributed by atoms with Crippen LogP contribution in [0, 0.1) is 6.92 Å². The molecule has 3 N–H and O–H groups in total. The minimum absolute atomic E-state index is 0.0516. The number of hydrogen-bond donors (Lipinski definition) is 2. The highest BCUT2D eigenvalue weighted by Gasteiger charge is 2.17. The second kappa shape index (κ2) is 6.01. The molecule has 0 fully saturated rings. The molecule has 0 radical (unpaired) electrons. The molecule has 0 aromatic heterocycles. The fraction of sp³-hybridized carbons (Fsp3) is 0.0714. The van der Waals surface area contributed by atoms with Crippen LogP contribution < -0.4 is 10.5 Å². The highest BCUT2D eigenvalue weighted by atomic mass is 35.5. The Morgan fingerprint density at radius 2 is 1.90 bits per heavy atom. The highest BCUT2D eigenvalue weighted by molar-refractivity contribution is 7.92. The van der Waals surface area contributed by atoms with Gasteiger partial charge in [-0.15, -0.1) is 0 Å². The SMILES string of the molecule is Cc1ccccc1NS(=O)(=O)c1ccc(C(N)=S)c(Cl)c1. The van der Waals surface area contributed by atoms with Gasteiger partial charge in [0.2, 0.25) is 0 Å². The summed E-state index contributed by atoms with van der Waals surface area (Å²) < 4.78 is 27.2. The molecule has 0 amide bonds. The maximum Gasteiger partial charge on any atom is 0.261 e. The molecule has 0 heterocycles. The predicted octanol–water partition coefficient (Wildman–Crippen LogP) is 3.08. The first-order chi connectivity index (χ1) is 9.81. The third-order valence-corrected chi connectivity index (χ3v) is 4.80. The van der Waals surface area contributed by atoms with E-state index in [0.717, 1.165) is 5.56 Å². The van der Waals surface area contributed by atoms with E-state index >= 15 is 0 Å². The van der Waals surface area contributed by atoms with Crippen LogP contribution in [-0.4, -0.2) is 13.4 Å². The van der Waals surface area contributed by atoms with Crippen LogP contribution in [0.4, 0.5) is 5.69 Å². The van der Waals surface area contributed by atoms with Crippen LogP contribution >= 0.6 is 23.8 Å². The standard InChI is InChI=1S/C14H13ClN2O2S2/c1-9-4-2-3-5-13(9)17-21(18,19)10-6-7-11(14(16)20)12(15)8-10/h2-8,17H,1H3,(H2,16,20). The second-order valence-electron chi connectivity index (χ2n) is 4.43. The number of benzene rings is 2. The number of thiocarbonyl (C=S) groups is 1. The number of rotatable bonds is 4. The van der Waals surface area contributed by atoms with Gasteiger partial charge in [0.05, 0.1) is 15.6 Å². The number of para-hydroxylation sites is 1. The van der Waals surface area contributed by atoms with Gasteiger partial charge in [0.15, 0.2) is 0 Å². The van der Waals surface area contributed by atoms with Crippen molar-refractivity contribution in [1.29, 1.82) is 0 Å². The lowest BCUT2D eigenvalue weighted by molar-refractivity contribution is 0.601. The zero-order valence-electron chi connectivity index (χ0n) is 11.1. The Labute approximate surface area is 134 Å². The fourth-order valence-corrected chi connectivity index (χ4v) is 3.49. The first kappa shape index (κ1) is 15.8. The van der Waals surface area contributed by atoms with E-state index in [4.69, 9.17) is 29.6 Å². The Kier molecular flexibility index (Phi) is 4.51. The van der Waals surface area contributed by atoms with Gasteiger partial charge in [0.25, 0.3) is 10.0 Å². The average Bonchev–Trinajstić information content (AvgIpc) is 2.40. The third kappa shape index (κ3) is 3.53. The maximum atomic E-state index is 12.4. The molecule has 2 aromatic carbocycles. The predicted molar refractivity (Wildman–Crippen MR) is 89.3 cm³/mol. The molecule has 21 heavy (non-hydrogen) atoms. The van der Waals surface area contributed by atoms with Crippen molar-refractivity contribution in [2.24, 2.45) is 5.73 Å². The molecule has 0 unspecified atom stereocenters. The third-order valence-electron chi connectivity index (χ3n) is 2.91. The molecule has 0 aliphatic carbocycles. The Bertz CT molecular complexity index is 804. The summed E-state index contributed by atoms with van der Waals surface area (Å²) in [5.74, 6) is 0. The van der Waals surface area contributed by atoms with Gasteiger partial charge < -0.3 is 5.73 Å². The van der Waals surface area contributed by atoms with Crippen molar-refractivity contribution in [2.75, 3.05) is 4.72 Å². The van der Waals surface area contributed by atoms with Crippen molar-refractivity contribution >= 4 is 44.5 Å². The van der Waals surface area contributed by atoms with E-state index in [2.05, 4.69) is 4.72 Å². The summed E-state index contributed by atoms with van der Waals surface area (Å²) in [6.45, 7) is 1.82. The van der Waals surface area contributed by atoms with Gasteiger partial charge in [0.1, 0.15) is 4.99 Å². The molecule has 0 atom stereocenters. The van der Waals surface area contributed by atoms with Crippen molar-refractivity contribution in [3.63, 3.8) is 0 Å². The van der Waals surface area contributed by atoms with Gasteiger partial charge in [0, 0.05) is 5.56 Å². The summed E-state index contributed by atoms with van der Waals surface area (Å²) in [4.78, 5) is 0.173. The van der Waals surface area contributed by atoms with Crippen LogP contribution in [0.3, 0.4) is 0 Å². The van der Waals surface area contributed by atoms with Crippen LogP contribution in [0.5, 0.6) is 0 Å². The number of anilines is 1. The quantitative estimate of drug-likeness (QED) is 0.839. The van der Waals surface area contributed by atoms with Crippen LogP contribution in [0.15, 0.2) is 47.4 Å². The molecule has 110 valence electrons. The Hall–Kier alpha value is -1.63. The largest absolute Gasteiger partial charge is 0.389 e. The van der Waals surface area contributed by atoms with E-state index in [-0.39, 0.29) is 14.9 Å². The Morgan fingerprint density at radius 3 is 2.48 bits per heavy atom. The van der Waals surface area contributed by atoms with Gasteiger partial charge in [-0.05, 0) is 36.8 Å². The molecule has 0 saturated heterocycles. The minimum Gasteiger partial charge on any atom is -0.389 e. The van der Waals surface area contributed by atoms with Gasteiger partial charge in [-0.2, -0.15) is 0 Å². The van der Waals surface area contributed by atoms with Gasteiger partial charge in [-0.1, -0.05) is 42.0 Å². The second-order valence-corrected chi connectivity index (χ2v) is 6.96. The summed E-state index contributed by atoms with van der Waals surface area (Å²) in [7, 11) is -3.72. The number of aryl methyl sites for hydroxylation is 1. The Morgan fingerprint density at radius 1 is 1.24 bits per heavy atom. The molecule has 0 aliphatic heterocycles. The summed E-state index contributed by atoms with van der Waals surface area (Å²) in [5.41, 5.74) is 7.29. The summed E-state index contributed by atoms with van der Waals surface area (Å²) in [6.07, 6.45) is 0. The van der Waals surface area contributed by atoms with E-state index < -0.39 is 10.0 Å². The average molecular weight is 341 g/mol. The minimum atomic E-state index is -3.72. The molecule has 7 heteroatoms. The molecule has 0 spiro atoms. The van der Waals surface area contributed by atoms with E-state index in [1.807, 2.05) is 19.1 Å². The number of halogens is 1. The lowest BCUT2D eigenvalue weighted by atomic mass is 10.2. The smallest absolute Gasteiger partial charge is 0.261 e. The number of hydrogen-bond acceptors (Lipinski definition) is 3. The van der Waals surface area contributed by atoms with Crippen molar-refractivity contribution < 1.29 is 8.42 Å². The first-order valence-corrected chi connectivity index (χ1v) is 8.26. The number of nitrogens with one attached hydrogen (secondary N) is 1. The van der Waals surface area contributed by atoms with E-state index in [1.165, 1.54) is 18.2 Å². The van der Waals surface area contributed by atoms with Crippen LogP contribution in [0.25, 0.3) is 0 Å².